The van der Waals surface area contributed by atoms with Crippen molar-refractivity contribution in [2.75, 3.05) is 0 Å². The molecular formula is C23H20N2O5. The summed E-state index contributed by atoms with van der Waals surface area (Å²) in [4.78, 5) is 52.0. The fraction of sp³-hybridized carbons (Fsp3) is 0.217. The van der Waals surface area contributed by atoms with Gasteiger partial charge in [-0.15, -0.1) is 0 Å². The lowest BCUT2D eigenvalue weighted by molar-refractivity contribution is -0.144. The molecule has 1 saturated heterocycles. The van der Waals surface area contributed by atoms with Gasteiger partial charge >= 0.3 is 23.5 Å². The van der Waals surface area contributed by atoms with Gasteiger partial charge in [-0.05, 0) is 36.1 Å². The van der Waals surface area contributed by atoms with Crippen LogP contribution in [0.1, 0.15) is 36.6 Å². The maximum Gasteiger partial charge on any atom is 0.336 e. The third-order valence-corrected chi connectivity index (χ3v) is 5.38. The Morgan fingerprint density at radius 2 is 1.67 bits per heavy atom. The van der Waals surface area contributed by atoms with Gasteiger partial charge in [-0.1, -0.05) is 49.4 Å². The van der Waals surface area contributed by atoms with Crippen LogP contribution in [0.4, 0.5) is 4.79 Å². The first kappa shape index (κ1) is 19.6. The molecule has 0 spiro atoms. The van der Waals surface area contributed by atoms with Gasteiger partial charge in [-0.25, -0.2) is 14.5 Å². The summed E-state index contributed by atoms with van der Waals surface area (Å²) in [5.74, 6) is -1.79. The molecule has 1 unspecified atom stereocenters. The van der Waals surface area contributed by atoms with Gasteiger partial charge in [0.25, 0.3) is 0 Å². The van der Waals surface area contributed by atoms with Crippen molar-refractivity contribution >= 4 is 28.8 Å². The van der Waals surface area contributed by atoms with Gasteiger partial charge in [0.15, 0.2) is 0 Å². The molecule has 0 N–H and O–H groups in total. The predicted octanol–water partition coefficient (Wildman–Crippen LogP) is 3.41. The number of imide groups is 2. The van der Waals surface area contributed by atoms with E-state index in [1.807, 2.05) is 19.1 Å². The highest BCUT2D eigenvalue weighted by molar-refractivity contribution is 6.44. The van der Waals surface area contributed by atoms with Gasteiger partial charge < -0.3 is 4.42 Å². The summed E-state index contributed by atoms with van der Waals surface area (Å²) in [6.07, 6.45) is 0.772. The zero-order valence-electron chi connectivity index (χ0n) is 16.6. The maximum absolute atomic E-state index is 13.0. The third-order valence-electron chi connectivity index (χ3n) is 5.38. The van der Waals surface area contributed by atoms with E-state index in [0.29, 0.717) is 16.5 Å². The van der Waals surface area contributed by atoms with Crippen molar-refractivity contribution in [3.05, 3.63) is 81.7 Å². The molecule has 0 saturated carbocycles. The van der Waals surface area contributed by atoms with Crippen molar-refractivity contribution < 1.29 is 18.8 Å². The number of fused-ring (bicyclic) bond motifs is 1. The van der Waals surface area contributed by atoms with Crippen molar-refractivity contribution in [3.8, 4) is 0 Å². The lowest BCUT2D eigenvalue weighted by Crippen LogP contribution is -2.35. The Bertz CT molecular complexity index is 1220. The molecule has 1 aliphatic heterocycles. The van der Waals surface area contributed by atoms with Crippen molar-refractivity contribution in [2.45, 2.75) is 32.9 Å². The molecule has 0 aliphatic carbocycles. The Morgan fingerprint density at radius 3 is 2.37 bits per heavy atom. The van der Waals surface area contributed by atoms with Crippen LogP contribution >= 0.6 is 0 Å². The molecular weight excluding hydrogens is 384 g/mol. The van der Waals surface area contributed by atoms with Crippen LogP contribution in [-0.2, 0) is 22.6 Å². The van der Waals surface area contributed by atoms with Crippen LogP contribution in [0.5, 0.6) is 0 Å². The van der Waals surface area contributed by atoms with Crippen LogP contribution in [-0.4, -0.2) is 27.6 Å². The normalized spacial score (nSPS) is 15.3. The fourth-order valence-electron chi connectivity index (χ4n) is 3.68. The topological polar surface area (TPSA) is 87.9 Å². The molecule has 7 nitrogen and oxygen atoms in total. The minimum absolute atomic E-state index is 0.186. The number of amides is 4. The summed E-state index contributed by atoms with van der Waals surface area (Å²) in [5.41, 5.74) is 2.00. The highest BCUT2D eigenvalue weighted by atomic mass is 16.4. The van der Waals surface area contributed by atoms with E-state index in [0.717, 1.165) is 27.3 Å². The fourth-order valence-corrected chi connectivity index (χ4v) is 3.68. The maximum atomic E-state index is 13.0. The summed E-state index contributed by atoms with van der Waals surface area (Å²) in [7, 11) is 0. The van der Waals surface area contributed by atoms with Gasteiger partial charge in [0, 0.05) is 11.5 Å². The van der Waals surface area contributed by atoms with E-state index in [1.54, 1.807) is 43.3 Å². The molecule has 1 fully saturated rings. The molecule has 0 bridgehead atoms. The number of carbonyl (C=O) groups is 3. The molecule has 7 heteroatoms. The quantitative estimate of drug-likeness (QED) is 0.369. The molecule has 2 heterocycles. The van der Waals surface area contributed by atoms with Crippen molar-refractivity contribution in [1.82, 2.24) is 9.80 Å². The number of hydrogen-bond donors (Lipinski definition) is 0. The monoisotopic (exact) mass is 404 g/mol. The summed E-state index contributed by atoms with van der Waals surface area (Å²) in [6, 6.07) is 14.4. The SMILES string of the molecule is CCc1ccc2c(CN3C(=O)C(=O)N(C(C)c4ccccc4)C3=O)cc(=O)oc2c1. The highest BCUT2D eigenvalue weighted by Crippen LogP contribution is 2.28. The second kappa shape index (κ2) is 7.59. The van der Waals surface area contributed by atoms with Crippen LogP contribution in [0.2, 0.25) is 0 Å². The van der Waals surface area contributed by atoms with Crippen LogP contribution < -0.4 is 5.63 Å². The van der Waals surface area contributed by atoms with Gasteiger partial charge in [0.1, 0.15) is 5.58 Å². The number of benzene rings is 2. The largest absolute Gasteiger partial charge is 0.423 e. The Hall–Kier alpha value is -3.74. The first-order chi connectivity index (χ1) is 14.4. The van der Waals surface area contributed by atoms with E-state index in [4.69, 9.17) is 4.42 Å². The molecule has 30 heavy (non-hydrogen) atoms. The van der Waals surface area contributed by atoms with Crippen molar-refractivity contribution in [3.63, 3.8) is 0 Å². The second-order valence-corrected chi connectivity index (χ2v) is 7.21. The minimum Gasteiger partial charge on any atom is -0.423 e. The summed E-state index contributed by atoms with van der Waals surface area (Å²) in [6.45, 7) is 3.49. The molecule has 0 radical (unpaired) electrons. The number of carbonyl (C=O) groups excluding carboxylic acids is 3. The number of aryl methyl sites for hydroxylation is 1. The van der Waals surface area contributed by atoms with Crippen LogP contribution in [0.25, 0.3) is 11.0 Å². The Morgan fingerprint density at radius 1 is 0.933 bits per heavy atom. The van der Waals surface area contributed by atoms with Crippen LogP contribution in [0, 0.1) is 0 Å². The van der Waals surface area contributed by atoms with Gasteiger partial charge in [0.05, 0.1) is 12.6 Å². The van der Waals surface area contributed by atoms with E-state index in [2.05, 4.69) is 0 Å². The van der Waals surface area contributed by atoms with Gasteiger partial charge in [-0.3, -0.25) is 14.5 Å². The smallest absolute Gasteiger partial charge is 0.336 e. The van der Waals surface area contributed by atoms with Crippen molar-refractivity contribution in [2.24, 2.45) is 0 Å². The van der Waals surface area contributed by atoms with E-state index in [-0.39, 0.29) is 6.54 Å². The standard InChI is InChI=1S/C23H20N2O5/c1-3-15-9-10-18-17(12-20(26)30-19(18)11-15)13-24-21(27)22(28)25(23(24)29)14(2)16-7-5-4-6-8-16/h4-12,14H,3,13H2,1-2H3. The van der Waals surface area contributed by atoms with Crippen LogP contribution in [0.15, 0.2) is 63.8 Å². The molecule has 3 aromatic rings. The van der Waals surface area contributed by atoms with E-state index in [9.17, 15) is 19.2 Å². The Kier molecular flexibility index (Phi) is 4.95. The highest BCUT2D eigenvalue weighted by Gasteiger charge is 2.47. The first-order valence-corrected chi connectivity index (χ1v) is 9.70. The lowest BCUT2D eigenvalue weighted by Gasteiger charge is -2.22. The average Bonchev–Trinajstić information content (AvgIpc) is 2.96. The van der Waals surface area contributed by atoms with E-state index < -0.39 is 29.5 Å². The molecule has 1 aliphatic rings. The van der Waals surface area contributed by atoms with Gasteiger partial charge in [0.2, 0.25) is 0 Å². The molecule has 1 atom stereocenters. The number of nitrogens with zero attached hydrogens (tertiary/aromatic N) is 2. The Labute approximate surface area is 172 Å². The summed E-state index contributed by atoms with van der Waals surface area (Å²) in [5, 5.41) is 0.620. The molecule has 1 aromatic heterocycles. The lowest BCUT2D eigenvalue weighted by atomic mass is 10.1. The van der Waals surface area contributed by atoms with Crippen molar-refractivity contribution in [1.29, 1.82) is 0 Å². The van der Waals surface area contributed by atoms with Gasteiger partial charge in [-0.2, -0.15) is 0 Å². The van der Waals surface area contributed by atoms with Crippen LogP contribution in [0.3, 0.4) is 0 Å². The predicted molar refractivity (Wildman–Crippen MR) is 110 cm³/mol. The zero-order chi connectivity index (χ0) is 21.4. The third kappa shape index (κ3) is 3.28. The molecule has 4 rings (SSSR count). The minimum atomic E-state index is -0.908. The number of urea groups is 1. The molecule has 2 aromatic carbocycles. The average molecular weight is 404 g/mol. The number of rotatable bonds is 5. The zero-order valence-corrected chi connectivity index (χ0v) is 16.6. The summed E-state index contributed by atoms with van der Waals surface area (Å²) < 4.78 is 5.28. The Balaban J connectivity index is 1.69. The van der Waals surface area contributed by atoms with E-state index >= 15 is 0 Å². The number of hydrogen-bond acceptors (Lipinski definition) is 5. The first-order valence-electron chi connectivity index (χ1n) is 9.70. The van der Waals surface area contributed by atoms with E-state index in [1.165, 1.54) is 6.07 Å². The second-order valence-electron chi connectivity index (χ2n) is 7.21. The molecule has 4 amide bonds. The molecule has 152 valence electrons. The summed E-state index contributed by atoms with van der Waals surface area (Å²) >= 11 is 0.